The fourth-order valence-electron chi connectivity index (χ4n) is 2.85. The molecule has 27 heavy (non-hydrogen) atoms. The number of rotatable bonds is 5. The van der Waals surface area contributed by atoms with E-state index in [1.54, 1.807) is 37.4 Å². The molecule has 0 unspecified atom stereocenters. The highest BCUT2D eigenvalue weighted by molar-refractivity contribution is 6.05. The van der Waals surface area contributed by atoms with E-state index in [-0.39, 0.29) is 23.5 Å². The van der Waals surface area contributed by atoms with Gasteiger partial charge in [0.25, 0.3) is 5.91 Å². The molecule has 7 heteroatoms. The summed E-state index contributed by atoms with van der Waals surface area (Å²) in [6.07, 6.45) is 0.296. The summed E-state index contributed by atoms with van der Waals surface area (Å²) in [4.78, 5) is 38.6. The van der Waals surface area contributed by atoms with Crippen molar-refractivity contribution in [3.05, 3.63) is 64.1 Å². The Morgan fingerprint density at radius 2 is 1.81 bits per heavy atom. The summed E-state index contributed by atoms with van der Waals surface area (Å²) in [6, 6.07) is 12.3. The van der Waals surface area contributed by atoms with E-state index in [1.165, 1.54) is 4.57 Å². The molecule has 7 nitrogen and oxygen atoms in total. The van der Waals surface area contributed by atoms with E-state index >= 15 is 0 Å². The van der Waals surface area contributed by atoms with Gasteiger partial charge in [-0.05, 0) is 49.7 Å². The molecule has 2 amide bonds. The normalized spacial score (nSPS) is 11.0. The Morgan fingerprint density at radius 3 is 2.48 bits per heavy atom. The molecule has 0 saturated carbocycles. The van der Waals surface area contributed by atoms with E-state index in [0.717, 1.165) is 11.1 Å². The number of nitrogens with one attached hydrogen (secondary N) is 3. The second-order valence-corrected chi connectivity index (χ2v) is 6.77. The van der Waals surface area contributed by atoms with Gasteiger partial charge in [-0.3, -0.25) is 14.2 Å². The van der Waals surface area contributed by atoms with E-state index in [2.05, 4.69) is 15.6 Å². The number of carbonyl (C=O) groups is 2. The van der Waals surface area contributed by atoms with Crippen molar-refractivity contribution in [2.75, 3.05) is 5.32 Å². The van der Waals surface area contributed by atoms with Gasteiger partial charge in [0.1, 0.15) is 0 Å². The zero-order chi connectivity index (χ0) is 19.6. The maximum atomic E-state index is 12.5. The van der Waals surface area contributed by atoms with Crippen molar-refractivity contribution in [2.45, 2.75) is 26.3 Å². The number of benzene rings is 2. The monoisotopic (exact) mass is 366 g/mol. The van der Waals surface area contributed by atoms with Gasteiger partial charge >= 0.3 is 5.69 Å². The molecular formula is C20H22N4O3. The van der Waals surface area contributed by atoms with Crippen molar-refractivity contribution >= 4 is 28.5 Å². The van der Waals surface area contributed by atoms with Gasteiger partial charge in [-0.2, -0.15) is 0 Å². The Morgan fingerprint density at radius 1 is 1.11 bits per heavy atom. The van der Waals surface area contributed by atoms with E-state index in [1.807, 2.05) is 26.0 Å². The van der Waals surface area contributed by atoms with Crippen LogP contribution in [0, 0.1) is 0 Å². The quantitative estimate of drug-likeness (QED) is 0.646. The van der Waals surface area contributed by atoms with Crippen molar-refractivity contribution in [3.8, 4) is 0 Å². The summed E-state index contributed by atoms with van der Waals surface area (Å²) in [5.41, 5.74) is 3.08. The lowest BCUT2D eigenvalue weighted by Gasteiger charge is -2.09. The summed E-state index contributed by atoms with van der Waals surface area (Å²) in [5, 5.41) is 5.66. The first kappa shape index (κ1) is 18.4. The first-order valence-corrected chi connectivity index (χ1v) is 8.72. The van der Waals surface area contributed by atoms with Crippen LogP contribution in [-0.4, -0.2) is 27.4 Å². The predicted molar refractivity (Wildman–Crippen MR) is 105 cm³/mol. The van der Waals surface area contributed by atoms with Crippen LogP contribution in [0.4, 0.5) is 5.69 Å². The molecule has 0 bridgehead atoms. The maximum Gasteiger partial charge on any atom is 0.326 e. The molecular weight excluding hydrogens is 344 g/mol. The average molecular weight is 366 g/mol. The van der Waals surface area contributed by atoms with Gasteiger partial charge in [-0.25, -0.2) is 4.79 Å². The Bertz CT molecular complexity index is 1050. The van der Waals surface area contributed by atoms with Gasteiger partial charge in [0, 0.05) is 24.3 Å². The first-order valence-electron chi connectivity index (χ1n) is 8.72. The minimum atomic E-state index is -0.271. The minimum absolute atomic E-state index is 0.0352. The lowest BCUT2D eigenvalue weighted by atomic mass is 10.1. The number of carbonyl (C=O) groups excluding carboxylic acids is 2. The highest BCUT2D eigenvalue weighted by Gasteiger charge is 2.10. The smallest absolute Gasteiger partial charge is 0.326 e. The molecule has 3 rings (SSSR count). The number of aryl methyl sites for hydroxylation is 1. The molecule has 3 N–H and O–H groups in total. The van der Waals surface area contributed by atoms with Crippen LogP contribution in [0.5, 0.6) is 0 Å². The van der Waals surface area contributed by atoms with E-state index in [4.69, 9.17) is 0 Å². The molecule has 0 fully saturated rings. The Labute approximate surface area is 156 Å². The molecule has 0 aliphatic rings. The van der Waals surface area contributed by atoms with Gasteiger partial charge in [-0.15, -0.1) is 0 Å². The number of imidazole rings is 1. The summed E-state index contributed by atoms with van der Waals surface area (Å²) in [7, 11) is 1.67. The third-order valence-electron chi connectivity index (χ3n) is 4.19. The van der Waals surface area contributed by atoms with Crippen molar-refractivity contribution in [1.82, 2.24) is 14.9 Å². The number of anilines is 1. The van der Waals surface area contributed by atoms with E-state index < -0.39 is 0 Å². The molecule has 0 spiro atoms. The van der Waals surface area contributed by atoms with Crippen molar-refractivity contribution < 1.29 is 9.59 Å². The highest BCUT2D eigenvalue weighted by atomic mass is 16.2. The Hall–Kier alpha value is -3.35. The number of nitrogens with zero attached hydrogens (tertiary/aromatic N) is 1. The number of hydrogen-bond acceptors (Lipinski definition) is 3. The van der Waals surface area contributed by atoms with Crippen LogP contribution in [0.1, 0.15) is 29.8 Å². The predicted octanol–water partition coefficient (Wildman–Crippen LogP) is 2.19. The molecule has 0 atom stereocenters. The lowest BCUT2D eigenvalue weighted by Crippen LogP contribution is -2.31. The van der Waals surface area contributed by atoms with Gasteiger partial charge in [0.15, 0.2) is 0 Å². The second-order valence-electron chi connectivity index (χ2n) is 6.77. The van der Waals surface area contributed by atoms with Crippen molar-refractivity contribution in [1.29, 1.82) is 0 Å². The average Bonchev–Trinajstić information content (AvgIpc) is 2.89. The topological polar surface area (TPSA) is 96.0 Å². The summed E-state index contributed by atoms with van der Waals surface area (Å²) in [6.45, 7) is 3.83. The van der Waals surface area contributed by atoms with Crippen molar-refractivity contribution in [2.24, 2.45) is 7.05 Å². The standard InChI is InChI=1S/C20H22N4O3/c1-12(2)21-18(25)10-13-4-7-15(8-5-13)22-19(26)14-6-9-17-16(11-14)23-20(27)24(17)3/h4-9,11-12H,10H2,1-3H3,(H,21,25)(H,22,26)(H,23,27). The SMILES string of the molecule is CC(C)NC(=O)Cc1ccc(NC(=O)c2ccc3c(c2)[nH]c(=O)n3C)cc1. The Kier molecular flexibility index (Phi) is 5.12. The number of aromatic nitrogens is 2. The fourth-order valence-corrected chi connectivity index (χ4v) is 2.85. The molecule has 140 valence electrons. The lowest BCUT2D eigenvalue weighted by molar-refractivity contribution is -0.120. The second kappa shape index (κ2) is 7.49. The molecule has 0 saturated heterocycles. The molecule has 0 radical (unpaired) electrons. The highest BCUT2D eigenvalue weighted by Crippen LogP contribution is 2.15. The number of aromatic amines is 1. The maximum absolute atomic E-state index is 12.5. The third-order valence-corrected chi connectivity index (χ3v) is 4.19. The summed E-state index contributed by atoms with van der Waals surface area (Å²) < 4.78 is 1.49. The van der Waals surface area contributed by atoms with Crippen LogP contribution in [-0.2, 0) is 18.3 Å². The molecule has 0 aliphatic heterocycles. The zero-order valence-corrected chi connectivity index (χ0v) is 15.5. The molecule has 1 heterocycles. The minimum Gasteiger partial charge on any atom is -0.354 e. The third kappa shape index (κ3) is 4.25. The summed E-state index contributed by atoms with van der Waals surface area (Å²) in [5.74, 6) is -0.307. The Balaban J connectivity index is 1.69. The van der Waals surface area contributed by atoms with Gasteiger partial charge in [-0.1, -0.05) is 12.1 Å². The van der Waals surface area contributed by atoms with Crippen LogP contribution in [0.25, 0.3) is 11.0 Å². The number of fused-ring (bicyclic) bond motifs is 1. The van der Waals surface area contributed by atoms with Crippen LogP contribution < -0.4 is 16.3 Å². The largest absolute Gasteiger partial charge is 0.354 e. The molecule has 0 aliphatic carbocycles. The number of amides is 2. The van der Waals surface area contributed by atoms with Crippen LogP contribution in [0.2, 0.25) is 0 Å². The van der Waals surface area contributed by atoms with E-state index in [9.17, 15) is 14.4 Å². The molecule has 2 aromatic carbocycles. The van der Waals surface area contributed by atoms with Crippen LogP contribution >= 0.6 is 0 Å². The zero-order valence-electron chi connectivity index (χ0n) is 15.5. The van der Waals surface area contributed by atoms with Crippen LogP contribution in [0.15, 0.2) is 47.3 Å². The number of H-pyrrole nitrogens is 1. The number of hydrogen-bond donors (Lipinski definition) is 3. The fraction of sp³-hybridized carbons (Fsp3) is 0.250. The van der Waals surface area contributed by atoms with Gasteiger partial charge < -0.3 is 15.6 Å². The van der Waals surface area contributed by atoms with Crippen molar-refractivity contribution in [3.63, 3.8) is 0 Å². The van der Waals surface area contributed by atoms with E-state index in [0.29, 0.717) is 23.2 Å². The molecule has 1 aromatic heterocycles. The van der Waals surface area contributed by atoms with Gasteiger partial charge in [0.2, 0.25) is 5.91 Å². The first-order chi connectivity index (χ1) is 12.8. The molecule has 3 aromatic rings. The van der Waals surface area contributed by atoms with Crippen LogP contribution in [0.3, 0.4) is 0 Å². The summed E-state index contributed by atoms with van der Waals surface area (Å²) >= 11 is 0. The van der Waals surface area contributed by atoms with Gasteiger partial charge in [0.05, 0.1) is 17.5 Å².